The van der Waals surface area contributed by atoms with Crippen LogP contribution in [-0.4, -0.2) is 26.8 Å². The van der Waals surface area contributed by atoms with Crippen LogP contribution in [0.15, 0.2) is 22.4 Å². The molecule has 0 radical (unpaired) electrons. The molecule has 1 fully saturated rings. The number of aromatic amines is 1. The number of rotatable bonds is 4. The van der Waals surface area contributed by atoms with Crippen molar-refractivity contribution in [2.75, 3.05) is 0 Å². The highest BCUT2D eigenvalue weighted by molar-refractivity contribution is 6.24. The van der Waals surface area contributed by atoms with Gasteiger partial charge in [0, 0.05) is 34.5 Å². The number of imidazole rings is 1. The third-order valence-electron chi connectivity index (χ3n) is 5.12. The van der Waals surface area contributed by atoms with Crippen LogP contribution >= 0.6 is 0 Å². The molecule has 28 heavy (non-hydrogen) atoms. The van der Waals surface area contributed by atoms with Crippen molar-refractivity contribution < 1.29 is 13.3 Å². The topological polar surface area (TPSA) is 105 Å². The predicted molar refractivity (Wildman–Crippen MR) is 104 cm³/mol. The summed E-state index contributed by atoms with van der Waals surface area (Å²) in [6.07, 6.45) is -0.207. The number of nitrogens with zero attached hydrogens (tertiary/aromatic N) is 2. The Morgan fingerprint density at radius 2 is 2.00 bits per heavy atom. The third kappa shape index (κ3) is 2.80. The Hall–Kier alpha value is -3.03. The predicted octanol–water partition coefficient (Wildman–Crippen LogP) is 4.69. The largest absolute Gasteiger partial charge is 0.402 e. The SMILES string of the molecule is CC(=N)/C(=C(/C)N)c1cc(-c2c(C)noc2C)cc2[nH]c(C3CC3(F)F)nc12. The third-order valence-corrected chi connectivity index (χ3v) is 5.12. The summed E-state index contributed by atoms with van der Waals surface area (Å²) < 4.78 is 32.5. The quantitative estimate of drug-likeness (QED) is 0.567. The fourth-order valence-corrected chi connectivity index (χ4v) is 3.75. The van der Waals surface area contributed by atoms with E-state index in [0.29, 0.717) is 33.6 Å². The van der Waals surface area contributed by atoms with Crippen LogP contribution in [-0.2, 0) is 0 Å². The molecule has 6 nitrogen and oxygen atoms in total. The van der Waals surface area contributed by atoms with E-state index in [-0.39, 0.29) is 18.0 Å². The van der Waals surface area contributed by atoms with Gasteiger partial charge in [0.2, 0.25) is 0 Å². The van der Waals surface area contributed by atoms with Crippen molar-refractivity contribution in [2.24, 2.45) is 5.73 Å². The summed E-state index contributed by atoms with van der Waals surface area (Å²) in [5.74, 6) is -2.72. The Labute approximate surface area is 160 Å². The van der Waals surface area contributed by atoms with Gasteiger partial charge in [-0.05, 0) is 45.4 Å². The first-order valence-electron chi connectivity index (χ1n) is 8.97. The minimum absolute atomic E-state index is 0.207. The number of hydrogen-bond acceptors (Lipinski definition) is 5. The van der Waals surface area contributed by atoms with Gasteiger partial charge < -0.3 is 20.7 Å². The first-order valence-corrected chi connectivity index (χ1v) is 8.97. The second-order valence-corrected chi connectivity index (χ2v) is 7.44. The van der Waals surface area contributed by atoms with Crippen LogP contribution in [0.25, 0.3) is 27.7 Å². The Morgan fingerprint density at radius 3 is 2.50 bits per heavy atom. The molecular weight excluding hydrogens is 364 g/mol. The molecule has 0 bridgehead atoms. The first kappa shape index (κ1) is 18.3. The lowest BCUT2D eigenvalue weighted by molar-refractivity contribution is 0.111. The van der Waals surface area contributed by atoms with Crippen LogP contribution in [0.2, 0.25) is 0 Å². The van der Waals surface area contributed by atoms with Crippen molar-refractivity contribution >= 4 is 22.3 Å². The number of benzene rings is 1. The van der Waals surface area contributed by atoms with Gasteiger partial charge in [-0.2, -0.15) is 0 Å². The van der Waals surface area contributed by atoms with E-state index < -0.39 is 11.8 Å². The van der Waals surface area contributed by atoms with E-state index in [2.05, 4.69) is 15.1 Å². The molecule has 3 aromatic rings. The molecule has 2 heterocycles. The lowest BCUT2D eigenvalue weighted by Crippen LogP contribution is -2.05. The van der Waals surface area contributed by atoms with Crippen LogP contribution in [0, 0.1) is 19.3 Å². The Kier molecular flexibility index (Phi) is 3.92. The van der Waals surface area contributed by atoms with Crippen molar-refractivity contribution in [1.29, 1.82) is 5.41 Å². The maximum absolute atomic E-state index is 13.6. The van der Waals surface area contributed by atoms with Gasteiger partial charge in [-0.3, -0.25) is 0 Å². The molecule has 146 valence electrons. The average molecular weight is 385 g/mol. The minimum atomic E-state index is -2.72. The first-order chi connectivity index (χ1) is 13.1. The lowest BCUT2D eigenvalue weighted by atomic mass is 9.94. The fourth-order valence-electron chi connectivity index (χ4n) is 3.75. The lowest BCUT2D eigenvalue weighted by Gasteiger charge is -2.12. The zero-order valence-corrected chi connectivity index (χ0v) is 16.1. The average Bonchev–Trinajstić information content (AvgIpc) is 2.91. The smallest absolute Gasteiger partial charge is 0.259 e. The van der Waals surface area contributed by atoms with Crippen molar-refractivity contribution in [3.05, 3.63) is 40.7 Å². The van der Waals surface area contributed by atoms with Crippen LogP contribution in [0.4, 0.5) is 8.78 Å². The van der Waals surface area contributed by atoms with Gasteiger partial charge in [0.15, 0.2) is 0 Å². The monoisotopic (exact) mass is 385 g/mol. The number of allylic oxidation sites excluding steroid dienone is 2. The van der Waals surface area contributed by atoms with Gasteiger partial charge in [0.1, 0.15) is 11.6 Å². The van der Waals surface area contributed by atoms with E-state index in [0.717, 1.165) is 16.8 Å². The number of nitrogens with one attached hydrogen (secondary N) is 2. The Balaban J connectivity index is 2.01. The normalized spacial score (nSPS) is 19.0. The van der Waals surface area contributed by atoms with Crippen molar-refractivity contribution in [2.45, 2.75) is 46.0 Å². The summed E-state index contributed by atoms with van der Waals surface area (Å²) in [4.78, 5) is 7.51. The van der Waals surface area contributed by atoms with E-state index in [4.69, 9.17) is 15.7 Å². The molecular formula is C20H21F2N5O. The maximum Gasteiger partial charge on any atom is 0.259 e. The highest BCUT2D eigenvalue weighted by Gasteiger charge is 2.59. The molecule has 1 saturated carbocycles. The van der Waals surface area contributed by atoms with E-state index >= 15 is 0 Å². The van der Waals surface area contributed by atoms with E-state index in [1.165, 1.54) is 0 Å². The van der Waals surface area contributed by atoms with Crippen molar-refractivity contribution in [3.63, 3.8) is 0 Å². The minimum Gasteiger partial charge on any atom is -0.402 e. The fraction of sp³-hybridized carbons (Fsp3) is 0.350. The van der Waals surface area contributed by atoms with Crippen LogP contribution in [0.1, 0.15) is 49.0 Å². The number of H-pyrrole nitrogens is 1. The molecule has 1 aliphatic carbocycles. The summed E-state index contributed by atoms with van der Waals surface area (Å²) >= 11 is 0. The second kappa shape index (κ2) is 5.98. The molecule has 0 amide bonds. The molecule has 0 saturated heterocycles. The highest BCUT2D eigenvalue weighted by atomic mass is 19.3. The van der Waals surface area contributed by atoms with E-state index in [1.54, 1.807) is 13.8 Å². The second-order valence-electron chi connectivity index (χ2n) is 7.44. The summed E-state index contributed by atoms with van der Waals surface area (Å²) in [6, 6.07) is 3.72. The van der Waals surface area contributed by atoms with Crippen LogP contribution in [0.3, 0.4) is 0 Å². The summed E-state index contributed by atoms with van der Waals surface area (Å²) in [6.45, 7) is 7.01. The standard InChI is InChI=1S/C20H21F2N5O/c1-8(23)16(9(2)24)13-5-12(17-10(3)27-28-11(17)4)6-15-18(13)26-19(25-15)14-7-20(14,21)22/h5-6,14,23H,7,24H2,1-4H3,(H,25,26)/b16-9+,23-8?. The summed E-state index contributed by atoms with van der Waals surface area (Å²) in [5.41, 5.74) is 11.5. The van der Waals surface area contributed by atoms with Gasteiger partial charge in [0.05, 0.1) is 22.6 Å². The molecule has 1 aromatic carbocycles. The molecule has 4 rings (SSSR count). The van der Waals surface area contributed by atoms with Gasteiger partial charge in [-0.25, -0.2) is 13.8 Å². The molecule has 2 aromatic heterocycles. The highest BCUT2D eigenvalue weighted by Crippen LogP contribution is 2.55. The van der Waals surface area contributed by atoms with Crippen LogP contribution in [0.5, 0.6) is 0 Å². The van der Waals surface area contributed by atoms with E-state index in [9.17, 15) is 8.78 Å². The number of fused-ring (bicyclic) bond motifs is 1. The molecule has 0 spiro atoms. The summed E-state index contributed by atoms with van der Waals surface area (Å²) in [5, 5.41) is 12.2. The summed E-state index contributed by atoms with van der Waals surface area (Å²) in [7, 11) is 0. The van der Waals surface area contributed by atoms with Gasteiger partial charge >= 0.3 is 0 Å². The zero-order chi connectivity index (χ0) is 20.4. The van der Waals surface area contributed by atoms with Crippen molar-refractivity contribution in [3.8, 4) is 11.1 Å². The van der Waals surface area contributed by atoms with Crippen molar-refractivity contribution in [1.82, 2.24) is 15.1 Å². The Morgan fingerprint density at radius 1 is 1.32 bits per heavy atom. The molecule has 1 aliphatic rings. The van der Waals surface area contributed by atoms with E-state index in [1.807, 2.05) is 26.0 Å². The van der Waals surface area contributed by atoms with Crippen LogP contribution < -0.4 is 5.73 Å². The number of alkyl halides is 2. The zero-order valence-electron chi connectivity index (χ0n) is 16.1. The Bertz CT molecular complexity index is 1130. The molecule has 0 aliphatic heterocycles. The van der Waals surface area contributed by atoms with Gasteiger partial charge in [-0.15, -0.1) is 0 Å². The molecule has 4 N–H and O–H groups in total. The van der Waals surface area contributed by atoms with Gasteiger partial charge in [0.25, 0.3) is 5.92 Å². The molecule has 8 heteroatoms. The number of halogens is 2. The number of nitrogens with two attached hydrogens (primary N) is 1. The molecule has 1 unspecified atom stereocenters. The number of hydrogen-bond donors (Lipinski definition) is 3. The number of aryl methyl sites for hydroxylation is 2. The molecule has 1 atom stereocenters. The number of aromatic nitrogens is 3. The maximum atomic E-state index is 13.6. The van der Waals surface area contributed by atoms with Gasteiger partial charge in [-0.1, -0.05) is 5.16 Å².